The second-order valence-electron chi connectivity index (χ2n) is 2.90. The minimum Gasteiger partial charge on any atom is -0.392 e. The van der Waals surface area contributed by atoms with Gasteiger partial charge in [-0.25, -0.2) is 0 Å². The van der Waals surface area contributed by atoms with Gasteiger partial charge in [0.1, 0.15) is 5.69 Å². The van der Waals surface area contributed by atoms with E-state index in [1.165, 1.54) is 4.68 Å². The second kappa shape index (κ2) is 4.04. The molecule has 0 fully saturated rings. The van der Waals surface area contributed by atoms with Crippen molar-refractivity contribution >= 4 is 5.91 Å². The summed E-state index contributed by atoms with van der Waals surface area (Å²) >= 11 is 0. The van der Waals surface area contributed by atoms with E-state index in [0.717, 1.165) is 0 Å². The number of hydrogen-bond donors (Lipinski definition) is 2. The van der Waals surface area contributed by atoms with E-state index in [1.807, 2.05) is 0 Å². The first-order chi connectivity index (χ1) is 6.11. The summed E-state index contributed by atoms with van der Waals surface area (Å²) in [6, 6.07) is 1.62. The van der Waals surface area contributed by atoms with Crippen LogP contribution in [0.4, 0.5) is 0 Å². The smallest absolute Gasteiger partial charge is 0.269 e. The quantitative estimate of drug-likeness (QED) is 0.665. The molecule has 1 aromatic rings. The molecule has 1 heterocycles. The van der Waals surface area contributed by atoms with E-state index in [9.17, 15) is 4.79 Å². The van der Waals surface area contributed by atoms with Crippen molar-refractivity contribution in [3.63, 3.8) is 0 Å². The molecule has 0 bridgehead atoms. The van der Waals surface area contributed by atoms with Crippen molar-refractivity contribution in [3.8, 4) is 0 Å². The summed E-state index contributed by atoms with van der Waals surface area (Å²) in [5.74, 6) is -0.221. The molecule has 0 radical (unpaired) electrons. The molecular weight excluding hydrogens is 170 g/mol. The van der Waals surface area contributed by atoms with Crippen LogP contribution in [0.25, 0.3) is 0 Å². The lowest BCUT2D eigenvalue weighted by Gasteiger charge is -2.06. The Morgan fingerprint density at radius 1 is 1.85 bits per heavy atom. The van der Waals surface area contributed by atoms with Gasteiger partial charge < -0.3 is 10.4 Å². The Morgan fingerprint density at radius 2 is 2.54 bits per heavy atom. The van der Waals surface area contributed by atoms with Gasteiger partial charge in [0.15, 0.2) is 0 Å². The van der Waals surface area contributed by atoms with Crippen LogP contribution in [0.5, 0.6) is 0 Å². The molecule has 1 amide bonds. The minimum atomic E-state index is -0.530. The highest BCUT2D eigenvalue weighted by atomic mass is 16.3. The van der Waals surface area contributed by atoms with Gasteiger partial charge in [-0.1, -0.05) is 0 Å². The Kier molecular flexibility index (Phi) is 3.02. The summed E-state index contributed by atoms with van der Waals surface area (Å²) in [6.45, 7) is 1.87. The maximum absolute atomic E-state index is 11.3. The molecule has 2 N–H and O–H groups in total. The Hall–Kier alpha value is -1.36. The maximum atomic E-state index is 11.3. The van der Waals surface area contributed by atoms with E-state index < -0.39 is 6.10 Å². The molecule has 1 rings (SSSR count). The molecule has 5 heteroatoms. The third kappa shape index (κ3) is 2.55. The highest BCUT2D eigenvalue weighted by molar-refractivity contribution is 5.92. The van der Waals surface area contributed by atoms with E-state index in [0.29, 0.717) is 5.69 Å². The third-order valence-electron chi connectivity index (χ3n) is 1.61. The molecule has 0 aliphatic carbocycles. The van der Waals surface area contributed by atoms with Crippen LogP contribution in [-0.4, -0.2) is 33.4 Å². The van der Waals surface area contributed by atoms with Gasteiger partial charge in [-0.3, -0.25) is 9.48 Å². The molecule has 0 saturated heterocycles. The summed E-state index contributed by atoms with van der Waals surface area (Å²) in [5, 5.41) is 15.4. The average molecular weight is 183 g/mol. The topological polar surface area (TPSA) is 67.2 Å². The standard InChI is InChI=1S/C8H13N3O2/c1-6(12)5-9-8(13)7-3-4-10-11(7)2/h3-4,6,12H,5H2,1-2H3,(H,9,13). The van der Waals surface area contributed by atoms with Crippen molar-refractivity contribution in [2.45, 2.75) is 13.0 Å². The first kappa shape index (κ1) is 9.73. The van der Waals surface area contributed by atoms with E-state index in [4.69, 9.17) is 5.11 Å². The highest BCUT2D eigenvalue weighted by Crippen LogP contribution is 1.95. The summed E-state index contributed by atoms with van der Waals surface area (Å²) < 4.78 is 1.48. The van der Waals surface area contributed by atoms with Crippen LogP contribution in [0.3, 0.4) is 0 Å². The largest absolute Gasteiger partial charge is 0.392 e. The molecule has 5 nitrogen and oxygen atoms in total. The van der Waals surface area contributed by atoms with Crippen molar-refractivity contribution in [3.05, 3.63) is 18.0 Å². The van der Waals surface area contributed by atoms with Crippen molar-refractivity contribution in [2.75, 3.05) is 6.54 Å². The van der Waals surface area contributed by atoms with Crippen LogP contribution in [0, 0.1) is 0 Å². The Morgan fingerprint density at radius 3 is 3.00 bits per heavy atom. The van der Waals surface area contributed by atoms with E-state index in [1.54, 1.807) is 26.2 Å². The fourth-order valence-electron chi connectivity index (χ4n) is 0.928. The van der Waals surface area contributed by atoms with Crippen LogP contribution in [0.1, 0.15) is 17.4 Å². The number of carbonyl (C=O) groups excluding carboxylic acids is 1. The predicted molar refractivity (Wildman–Crippen MR) is 47.2 cm³/mol. The van der Waals surface area contributed by atoms with Crippen LogP contribution in [0.2, 0.25) is 0 Å². The molecule has 0 aromatic carbocycles. The van der Waals surface area contributed by atoms with Crippen LogP contribution >= 0.6 is 0 Å². The summed E-state index contributed by atoms with van der Waals surface area (Å²) in [4.78, 5) is 11.3. The second-order valence-corrected chi connectivity index (χ2v) is 2.90. The lowest BCUT2D eigenvalue weighted by Crippen LogP contribution is -2.31. The van der Waals surface area contributed by atoms with Crippen molar-refractivity contribution < 1.29 is 9.90 Å². The molecule has 1 aromatic heterocycles. The van der Waals surface area contributed by atoms with Gasteiger partial charge in [0, 0.05) is 19.8 Å². The third-order valence-corrected chi connectivity index (χ3v) is 1.61. The molecule has 72 valence electrons. The van der Waals surface area contributed by atoms with Crippen LogP contribution < -0.4 is 5.32 Å². The van der Waals surface area contributed by atoms with Gasteiger partial charge in [-0.15, -0.1) is 0 Å². The zero-order chi connectivity index (χ0) is 9.84. The molecule has 0 aliphatic heterocycles. The fraction of sp³-hybridized carbons (Fsp3) is 0.500. The Balaban J connectivity index is 2.54. The maximum Gasteiger partial charge on any atom is 0.269 e. The van der Waals surface area contributed by atoms with Gasteiger partial charge in [-0.05, 0) is 13.0 Å². The number of aliphatic hydroxyl groups excluding tert-OH is 1. The molecular formula is C8H13N3O2. The van der Waals surface area contributed by atoms with E-state index >= 15 is 0 Å². The van der Waals surface area contributed by atoms with Gasteiger partial charge in [0.25, 0.3) is 5.91 Å². The summed E-state index contributed by atoms with van der Waals surface area (Å²) in [5.41, 5.74) is 0.487. The number of amides is 1. The lowest BCUT2D eigenvalue weighted by molar-refractivity contribution is 0.0914. The normalized spacial score (nSPS) is 12.5. The van der Waals surface area contributed by atoms with Gasteiger partial charge >= 0.3 is 0 Å². The molecule has 0 saturated carbocycles. The number of carbonyl (C=O) groups is 1. The number of aryl methyl sites for hydroxylation is 1. The number of aliphatic hydroxyl groups is 1. The average Bonchev–Trinajstić information content (AvgIpc) is 2.47. The predicted octanol–water partition coefficient (Wildman–Crippen LogP) is -0.469. The lowest BCUT2D eigenvalue weighted by atomic mass is 10.3. The molecule has 1 atom stereocenters. The number of nitrogens with one attached hydrogen (secondary N) is 1. The van der Waals surface area contributed by atoms with E-state index in [2.05, 4.69) is 10.4 Å². The SMILES string of the molecule is CC(O)CNC(=O)c1ccnn1C. The first-order valence-electron chi connectivity index (χ1n) is 4.05. The number of nitrogens with zero attached hydrogens (tertiary/aromatic N) is 2. The van der Waals surface area contributed by atoms with Crippen molar-refractivity contribution in [2.24, 2.45) is 7.05 Å². The molecule has 0 aliphatic rings. The van der Waals surface area contributed by atoms with Crippen molar-refractivity contribution in [1.82, 2.24) is 15.1 Å². The van der Waals surface area contributed by atoms with Gasteiger partial charge in [0.2, 0.25) is 0 Å². The Labute approximate surface area is 76.4 Å². The van der Waals surface area contributed by atoms with Crippen LogP contribution in [0.15, 0.2) is 12.3 Å². The number of rotatable bonds is 3. The molecule has 0 spiro atoms. The zero-order valence-corrected chi connectivity index (χ0v) is 7.69. The molecule has 1 unspecified atom stereocenters. The summed E-state index contributed by atoms with van der Waals surface area (Å²) in [6.07, 6.45) is 1.02. The fourth-order valence-corrected chi connectivity index (χ4v) is 0.928. The highest BCUT2D eigenvalue weighted by Gasteiger charge is 2.09. The summed E-state index contributed by atoms with van der Waals surface area (Å²) in [7, 11) is 1.69. The number of aromatic nitrogens is 2. The monoisotopic (exact) mass is 183 g/mol. The van der Waals surface area contributed by atoms with Gasteiger partial charge in [-0.2, -0.15) is 5.10 Å². The zero-order valence-electron chi connectivity index (χ0n) is 7.69. The Bertz CT molecular complexity index is 293. The minimum absolute atomic E-state index is 0.221. The molecule has 13 heavy (non-hydrogen) atoms. The van der Waals surface area contributed by atoms with Crippen molar-refractivity contribution in [1.29, 1.82) is 0 Å². The van der Waals surface area contributed by atoms with Gasteiger partial charge in [0.05, 0.1) is 6.10 Å². The number of hydrogen-bond acceptors (Lipinski definition) is 3. The first-order valence-corrected chi connectivity index (χ1v) is 4.05. The van der Waals surface area contributed by atoms with Crippen LogP contribution in [-0.2, 0) is 7.05 Å². The van der Waals surface area contributed by atoms with E-state index in [-0.39, 0.29) is 12.5 Å².